The lowest BCUT2D eigenvalue weighted by atomic mass is 10.2. The number of para-hydroxylation sites is 1. The molecule has 3 N–H and O–H groups in total. The van der Waals surface area contributed by atoms with Crippen molar-refractivity contribution >= 4 is 23.4 Å². The van der Waals surface area contributed by atoms with Gasteiger partial charge in [0.2, 0.25) is 0 Å². The second kappa shape index (κ2) is 7.35. The van der Waals surface area contributed by atoms with E-state index in [4.69, 9.17) is 11.6 Å². The fraction of sp³-hybridized carbons (Fsp3) is 0.312. The molecule has 128 valence electrons. The average Bonchev–Trinajstić information content (AvgIpc) is 2.78. The van der Waals surface area contributed by atoms with E-state index in [-0.39, 0.29) is 22.0 Å². The van der Waals surface area contributed by atoms with Gasteiger partial charge in [-0.25, -0.2) is 0 Å². The Morgan fingerprint density at radius 3 is 2.50 bits per heavy atom. The Bertz CT molecular complexity index is 771. The maximum Gasteiger partial charge on any atom is 0.274 e. The number of phenolic OH excluding ortho intramolecular Hbond substituents is 1. The van der Waals surface area contributed by atoms with Crippen molar-refractivity contribution in [2.75, 3.05) is 0 Å². The summed E-state index contributed by atoms with van der Waals surface area (Å²) in [6.07, 6.45) is 0. The summed E-state index contributed by atoms with van der Waals surface area (Å²) in [6, 6.07) is 6.02. The molecular weight excluding hydrogens is 332 g/mol. The first-order valence-electron chi connectivity index (χ1n) is 7.42. The van der Waals surface area contributed by atoms with Crippen molar-refractivity contribution in [2.24, 2.45) is 5.92 Å². The summed E-state index contributed by atoms with van der Waals surface area (Å²) >= 11 is 6.21. The van der Waals surface area contributed by atoms with Crippen LogP contribution >= 0.6 is 11.6 Å². The minimum absolute atomic E-state index is 0.0520. The minimum atomic E-state index is -0.634. The molecule has 0 aliphatic heterocycles. The number of benzene rings is 1. The zero-order valence-electron chi connectivity index (χ0n) is 13.6. The summed E-state index contributed by atoms with van der Waals surface area (Å²) in [5.74, 6) is -1.07. The molecule has 0 atom stereocenters. The van der Waals surface area contributed by atoms with Crippen molar-refractivity contribution in [3.05, 3.63) is 46.2 Å². The smallest absolute Gasteiger partial charge is 0.274 e. The van der Waals surface area contributed by atoms with Crippen LogP contribution in [0.15, 0.2) is 24.3 Å². The molecular formula is C16H19ClN4O3. The SMILES string of the molecule is Cc1nn(CC(C)C)c(Cl)c1C(=O)NNC(=O)c1ccccc1O. The van der Waals surface area contributed by atoms with E-state index < -0.39 is 11.8 Å². The van der Waals surface area contributed by atoms with Crippen LogP contribution in [0.4, 0.5) is 0 Å². The Morgan fingerprint density at radius 2 is 1.88 bits per heavy atom. The standard InChI is InChI=1S/C16H19ClN4O3/c1-9(2)8-21-14(17)13(10(3)20-21)16(24)19-18-15(23)11-6-4-5-7-12(11)22/h4-7,9,22H,8H2,1-3H3,(H,18,23)(H,19,24). The summed E-state index contributed by atoms with van der Waals surface area (Å²) < 4.78 is 1.56. The van der Waals surface area contributed by atoms with Gasteiger partial charge in [-0.3, -0.25) is 25.1 Å². The highest BCUT2D eigenvalue weighted by molar-refractivity contribution is 6.33. The fourth-order valence-electron chi connectivity index (χ4n) is 2.19. The molecule has 0 unspecified atom stereocenters. The number of hydrogen-bond acceptors (Lipinski definition) is 4. The van der Waals surface area contributed by atoms with Crippen LogP contribution in [-0.4, -0.2) is 26.7 Å². The van der Waals surface area contributed by atoms with E-state index >= 15 is 0 Å². The second-order valence-electron chi connectivity index (χ2n) is 5.75. The third-order valence-corrected chi connectivity index (χ3v) is 3.65. The van der Waals surface area contributed by atoms with Crippen molar-refractivity contribution in [3.63, 3.8) is 0 Å². The molecule has 1 aromatic heterocycles. The maximum absolute atomic E-state index is 12.3. The predicted octanol–water partition coefficient (Wildman–Crippen LogP) is 2.28. The number of phenols is 1. The van der Waals surface area contributed by atoms with Gasteiger partial charge in [0.1, 0.15) is 16.5 Å². The van der Waals surface area contributed by atoms with E-state index in [2.05, 4.69) is 16.0 Å². The van der Waals surface area contributed by atoms with Crippen LogP contribution in [0, 0.1) is 12.8 Å². The number of aryl methyl sites for hydroxylation is 1. The molecule has 0 bridgehead atoms. The van der Waals surface area contributed by atoms with E-state index in [1.54, 1.807) is 23.7 Å². The van der Waals surface area contributed by atoms with Crippen LogP contribution < -0.4 is 10.9 Å². The summed E-state index contributed by atoms with van der Waals surface area (Å²) in [5, 5.41) is 14.1. The molecule has 0 saturated carbocycles. The van der Waals surface area contributed by atoms with E-state index in [1.165, 1.54) is 12.1 Å². The highest BCUT2D eigenvalue weighted by Crippen LogP contribution is 2.20. The first kappa shape index (κ1) is 17.8. The highest BCUT2D eigenvalue weighted by atomic mass is 35.5. The number of nitrogens with zero attached hydrogens (tertiary/aromatic N) is 2. The van der Waals surface area contributed by atoms with Crippen molar-refractivity contribution in [2.45, 2.75) is 27.3 Å². The van der Waals surface area contributed by atoms with Gasteiger partial charge in [-0.05, 0) is 25.0 Å². The zero-order chi connectivity index (χ0) is 17.9. The van der Waals surface area contributed by atoms with Gasteiger partial charge in [0.15, 0.2) is 0 Å². The molecule has 0 fully saturated rings. The van der Waals surface area contributed by atoms with Crippen molar-refractivity contribution in [3.8, 4) is 5.75 Å². The van der Waals surface area contributed by atoms with Gasteiger partial charge < -0.3 is 5.11 Å². The topological polar surface area (TPSA) is 96.3 Å². The first-order valence-corrected chi connectivity index (χ1v) is 7.80. The summed E-state index contributed by atoms with van der Waals surface area (Å²) in [7, 11) is 0. The van der Waals surface area contributed by atoms with Crippen LogP contribution in [0.25, 0.3) is 0 Å². The molecule has 0 aliphatic carbocycles. The number of aromatic hydroxyl groups is 1. The fourth-order valence-corrected chi connectivity index (χ4v) is 2.52. The Balaban J connectivity index is 2.09. The number of carbonyl (C=O) groups is 2. The summed E-state index contributed by atoms with van der Waals surface area (Å²) in [5.41, 5.74) is 5.26. The number of hydrazine groups is 1. The summed E-state index contributed by atoms with van der Waals surface area (Å²) in [4.78, 5) is 24.3. The van der Waals surface area contributed by atoms with Gasteiger partial charge in [-0.15, -0.1) is 0 Å². The number of rotatable bonds is 4. The molecule has 0 aliphatic rings. The Kier molecular flexibility index (Phi) is 5.46. The monoisotopic (exact) mass is 350 g/mol. The van der Waals surface area contributed by atoms with E-state index in [1.807, 2.05) is 13.8 Å². The summed E-state index contributed by atoms with van der Waals surface area (Å²) in [6.45, 7) is 6.28. The molecule has 2 amide bonds. The number of carbonyl (C=O) groups excluding carboxylic acids is 2. The van der Waals surface area contributed by atoms with Crippen molar-refractivity contribution < 1.29 is 14.7 Å². The molecule has 7 nitrogen and oxygen atoms in total. The third kappa shape index (κ3) is 3.86. The van der Waals surface area contributed by atoms with Gasteiger partial charge in [-0.1, -0.05) is 37.6 Å². The van der Waals surface area contributed by atoms with E-state index in [9.17, 15) is 14.7 Å². The molecule has 0 radical (unpaired) electrons. The van der Waals surface area contributed by atoms with Crippen LogP contribution in [-0.2, 0) is 6.54 Å². The number of aromatic nitrogens is 2. The van der Waals surface area contributed by atoms with E-state index in [0.717, 1.165) is 0 Å². The number of nitrogens with one attached hydrogen (secondary N) is 2. The van der Waals surface area contributed by atoms with Gasteiger partial charge in [0.25, 0.3) is 11.8 Å². The first-order chi connectivity index (χ1) is 11.3. The molecule has 1 aromatic carbocycles. The Morgan fingerprint density at radius 1 is 1.25 bits per heavy atom. The van der Waals surface area contributed by atoms with Gasteiger partial charge >= 0.3 is 0 Å². The van der Waals surface area contributed by atoms with Crippen LogP contribution in [0.3, 0.4) is 0 Å². The molecule has 0 saturated heterocycles. The van der Waals surface area contributed by atoms with Gasteiger partial charge in [0, 0.05) is 6.54 Å². The quantitative estimate of drug-likeness (QED) is 0.737. The highest BCUT2D eigenvalue weighted by Gasteiger charge is 2.21. The Labute approximate surface area is 144 Å². The van der Waals surface area contributed by atoms with Gasteiger partial charge in [-0.2, -0.15) is 5.10 Å². The minimum Gasteiger partial charge on any atom is -0.507 e. The van der Waals surface area contributed by atoms with Crippen molar-refractivity contribution in [1.82, 2.24) is 20.6 Å². The zero-order valence-corrected chi connectivity index (χ0v) is 14.4. The third-order valence-electron chi connectivity index (χ3n) is 3.27. The largest absolute Gasteiger partial charge is 0.507 e. The van der Waals surface area contributed by atoms with E-state index in [0.29, 0.717) is 18.2 Å². The Hall–Kier alpha value is -2.54. The van der Waals surface area contributed by atoms with Gasteiger partial charge in [0.05, 0.1) is 11.3 Å². The second-order valence-corrected chi connectivity index (χ2v) is 6.11. The lowest BCUT2D eigenvalue weighted by Crippen LogP contribution is -2.41. The number of amides is 2. The maximum atomic E-state index is 12.3. The van der Waals surface area contributed by atoms with Crippen LogP contribution in [0.1, 0.15) is 40.3 Å². The number of hydrogen-bond donors (Lipinski definition) is 3. The molecule has 24 heavy (non-hydrogen) atoms. The van der Waals surface area contributed by atoms with Crippen LogP contribution in [0.5, 0.6) is 5.75 Å². The van der Waals surface area contributed by atoms with Crippen LogP contribution in [0.2, 0.25) is 5.15 Å². The number of halogens is 1. The molecule has 8 heteroatoms. The molecule has 1 heterocycles. The molecule has 2 aromatic rings. The molecule has 0 spiro atoms. The lowest BCUT2D eigenvalue weighted by molar-refractivity contribution is 0.0844. The average molecular weight is 351 g/mol. The molecule has 2 rings (SSSR count). The van der Waals surface area contributed by atoms with Crippen molar-refractivity contribution in [1.29, 1.82) is 0 Å². The lowest BCUT2D eigenvalue weighted by Gasteiger charge is -2.09. The predicted molar refractivity (Wildman–Crippen MR) is 89.9 cm³/mol. The normalized spacial score (nSPS) is 10.7.